The van der Waals surface area contributed by atoms with Crippen LogP contribution >= 0.6 is 0 Å². The Balaban J connectivity index is 1.52. The van der Waals surface area contributed by atoms with Gasteiger partial charge in [-0.05, 0) is 31.9 Å². The molecular formula is C18H20N6O2. The molecule has 8 nitrogen and oxygen atoms in total. The molecule has 0 saturated carbocycles. The van der Waals surface area contributed by atoms with E-state index in [1.54, 1.807) is 22.8 Å². The third-order valence-electron chi connectivity index (χ3n) is 4.53. The van der Waals surface area contributed by atoms with Crippen molar-refractivity contribution in [2.75, 3.05) is 11.9 Å². The van der Waals surface area contributed by atoms with Gasteiger partial charge >= 0.3 is 6.03 Å². The van der Waals surface area contributed by atoms with Gasteiger partial charge in [-0.25, -0.2) is 4.79 Å². The number of nitrogens with one attached hydrogen (secondary N) is 1. The minimum atomic E-state index is -0.169. The van der Waals surface area contributed by atoms with Gasteiger partial charge in [-0.1, -0.05) is 11.2 Å². The highest BCUT2D eigenvalue weighted by atomic mass is 16.5. The van der Waals surface area contributed by atoms with E-state index in [1.165, 1.54) is 0 Å². The zero-order valence-corrected chi connectivity index (χ0v) is 14.7. The van der Waals surface area contributed by atoms with Crippen LogP contribution in [0.25, 0.3) is 11.4 Å². The molecule has 1 atom stereocenters. The number of pyridine rings is 1. The predicted molar refractivity (Wildman–Crippen MR) is 95.4 cm³/mol. The van der Waals surface area contributed by atoms with E-state index in [0.717, 1.165) is 30.0 Å². The third-order valence-corrected chi connectivity index (χ3v) is 4.53. The molecular weight excluding hydrogens is 332 g/mol. The maximum Gasteiger partial charge on any atom is 0.323 e. The zero-order valence-electron chi connectivity index (χ0n) is 14.7. The molecule has 134 valence electrons. The predicted octanol–water partition coefficient (Wildman–Crippen LogP) is 3.15. The second kappa shape index (κ2) is 6.62. The first-order valence-electron chi connectivity index (χ1n) is 8.58. The number of carbonyl (C=O) groups excluding carboxylic acids is 1. The summed E-state index contributed by atoms with van der Waals surface area (Å²) in [4.78, 5) is 18.9. The second-order valence-electron chi connectivity index (χ2n) is 6.41. The van der Waals surface area contributed by atoms with Crippen molar-refractivity contribution >= 4 is 11.8 Å². The van der Waals surface area contributed by atoms with Crippen molar-refractivity contribution < 1.29 is 9.32 Å². The van der Waals surface area contributed by atoms with Crippen LogP contribution in [0.2, 0.25) is 0 Å². The van der Waals surface area contributed by atoms with Gasteiger partial charge in [0.05, 0.1) is 17.4 Å². The van der Waals surface area contributed by atoms with Crippen molar-refractivity contribution in [1.29, 1.82) is 0 Å². The summed E-state index contributed by atoms with van der Waals surface area (Å²) in [5, 5.41) is 11.3. The normalized spacial score (nSPS) is 16.8. The molecule has 0 aromatic carbocycles. The number of carbonyl (C=O) groups is 1. The maximum atomic E-state index is 12.8. The Morgan fingerprint density at radius 2 is 2.19 bits per heavy atom. The SMILES string of the molecule is Cc1cc([C@@H]2CCCN2C(=O)Nc2cc(-c3ccccn3)nn2C)on1. The Morgan fingerprint density at radius 3 is 2.92 bits per heavy atom. The molecule has 0 radical (unpaired) electrons. The van der Waals surface area contributed by atoms with E-state index in [4.69, 9.17) is 4.52 Å². The number of rotatable bonds is 3. The van der Waals surface area contributed by atoms with E-state index in [9.17, 15) is 4.79 Å². The monoisotopic (exact) mass is 352 g/mol. The summed E-state index contributed by atoms with van der Waals surface area (Å²) in [5.74, 6) is 1.35. The molecule has 1 aliphatic heterocycles. The van der Waals surface area contributed by atoms with E-state index in [0.29, 0.717) is 18.1 Å². The average molecular weight is 352 g/mol. The lowest BCUT2D eigenvalue weighted by molar-refractivity contribution is 0.195. The molecule has 0 unspecified atom stereocenters. The first kappa shape index (κ1) is 16.3. The standard InChI is InChI=1S/C18H20N6O2/c1-12-10-16(26-22-12)15-7-5-9-24(15)18(25)20-17-11-14(21-23(17)2)13-6-3-4-8-19-13/h3-4,6,8,10-11,15H,5,7,9H2,1-2H3,(H,20,25)/t15-/m0/s1. The fourth-order valence-corrected chi connectivity index (χ4v) is 3.25. The number of hydrogen-bond acceptors (Lipinski definition) is 5. The van der Waals surface area contributed by atoms with Gasteiger partial charge in [-0.3, -0.25) is 15.0 Å². The summed E-state index contributed by atoms with van der Waals surface area (Å²) in [6, 6.07) is 9.11. The topological polar surface area (TPSA) is 89.1 Å². The van der Waals surface area contributed by atoms with Gasteiger partial charge < -0.3 is 9.42 Å². The summed E-state index contributed by atoms with van der Waals surface area (Å²) in [5.41, 5.74) is 2.30. The lowest BCUT2D eigenvalue weighted by Gasteiger charge is -2.22. The summed E-state index contributed by atoms with van der Waals surface area (Å²) >= 11 is 0. The van der Waals surface area contributed by atoms with Crippen LogP contribution in [0.5, 0.6) is 0 Å². The molecule has 4 rings (SSSR count). The molecule has 1 fully saturated rings. The lowest BCUT2D eigenvalue weighted by atomic mass is 10.1. The smallest absolute Gasteiger partial charge is 0.323 e. The fourth-order valence-electron chi connectivity index (χ4n) is 3.25. The highest BCUT2D eigenvalue weighted by Gasteiger charge is 2.33. The highest BCUT2D eigenvalue weighted by molar-refractivity contribution is 5.89. The average Bonchev–Trinajstić information content (AvgIpc) is 3.36. The quantitative estimate of drug-likeness (QED) is 0.782. The lowest BCUT2D eigenvalue weighted by Crippen LogP contribution is -2.34. The first-order valence-corrected chi connectivity index (χ1v) is 8.58. The molecule has 3 aromatic heterocycles. The summed E-state index contributed by atoms with van der Waals surface area (Å²) in [6.07, 6.45) is 3.52. The van der Waals surface area contributed by atoms with Crippen LogP contribution in [0.1, 0.15) is 30.3 Å². The number of nitrogens with zero attached hydrogens (tertiary/aromatic N) is 5. The summed E-state index contributed by atoms with van der Waals surface area (Å²) < 4.78 is 7.01. The van der Waals surface area contributed by atoms with Gasteiger partial charge in [0.1, 0.15) is 11.5 Å². The van der Waals surface area contributed by atoms with E-state index >= 15 is 0 Å². The van der Waals surface area contributed by atoms with Gasteiger partial charge in [0, 0.05) is 31.9 Å². The second-order valence-corrected chi connectivity index (χ2v) is 6.41. The Labute approximate surface area is 150 Å². The molecule has 4 heterocycles. The summed E-state index contributed by atoms with van der Waals surface area (Å²) in [6.45, 7) is 2.56. The molecule has 1 N–H and O–H groups in total. The van der Waals surface area contributed by atoms with Gasteiger partial charge in [0.15, 0.2) is 5.76 Å². The molecule has 1 saturated heterocycles. The van der Waals surface area contributed by atoms with Crippen LogP contribution in [-0.2, 0) is 7.05 Å². The molecule has 1 aliphatic rings. The number of aryl methyl sites for hydroxylation is 2. The highest BCUT2D eigenvalue weighted by Crippen LogP contribution is 2.33. The number of amides is 2. The number of urea groups is 1. The minimum Gasteiger partial charge on any atom is -0.359 e. The molecule has 0 aliphatic carbocycles. The molecule has 26 heavy (non-hydrogen) atoms. The molecule has 8 heteroatoms. The van der Waals surface area contributed by atoms with Crippen molar-refractivity contribution in [3.63, 3.8) is 0 Å². The first-order chi connectivity index (χ1) is 12.6. The number of hydrogen-bond donors (Lipinski definition) is 1. The molecule has 2 amide bonds. The third kappa shape index (κ3) is 3.05. The van der Waals surface area contributed by atoms with Crippen LogP contribution in [0.4, 0.5) is 10.6 Å². The van der Waals surface area contributed by atoms with Crippen molar-refractivity contribution in [3.05, 3.63) is 48.0 Å². The van der Waals surface area contributed by atoms with Crippen LogP contribution in [-0.4, -0.2) is 37.4 Å². The number of anilines is 1. The van der Waals surface area contributed by atoms with Crippen molar-refractivity contribution in [3.8, 4) is 11.4 Å². The fraction of sp³-hybridized carbons (Fsp3) is 0.333. The van der Waals surface area contributed by atoms with Crippen LogP contribution in [0, 0.1) is 6.92 Å². The largest absolute Gasteiger partial charge is 0.359 e. The minimum absolute atomic E-state index is 0.0836. The number of aromatic nitrogens is 4. The Kier molecular flexibility index (Phi) is 4.16. The van der Waals surface area contributed by atoms with Crippen molar-refractivity contribution in [1.82, 2.24) is 24.8 Å². The maximum absolute atomic E-state index is 12.8. The van der Waals surface area contributed by atoms with E-state index < -0.39 is 0 Å². The van der Waals surface area contributed by atoms with Gasteiger partial charge in [0.2, 0.25) is 0 Å². The molecule has 3 aromatic rings. The summed E-state index contributed by atoms with van der Waals surface area (Å²) in [7, 11) is 1.79. The van der Waals surface area contributed by atoms with Crippen LogP contribution in [0.15, 0.2) is 41.1 Å². The van der Waals surface area contributed by atoms with E-state index in [1.807, 2.05) is 37.3 Å². The Morgan fingerprint density at radius 1 is 1.31 bits per heavy atom. The van der Waals surface area contributed by atoms with Crippen LogP contribution in [0.3, 0.4) is 0 Å². The molecule has 0 bridgehead atoms. The van der Waals surface area contributed by atoms with Crippen LogP contribution < -0.4 is 5.32 Å². The number of likely N-dealkylation sites (tertiary alicyclic amines) is 1. The van der Waals surface area contributed by atoms with Gasteiger partial charge in [-0.2, -0.15) is 5.10 Å². The van der Waals surface area contributed by atoms with E-state index in [2.05, 4.69) is 20.6 Å². The Hall–Kier alpha value is -3.16. The molecule has 0 spiro atoms. The zero-order chi connectivity index (χ0) is 18.1. The van der Waals surface area contributed by atoms with Gasteiger partial charge in [0.25, 0.3) is 0 Å². The van der Waals surface area contributed by atoms with Crippen molar-refractivity contribution in [2.24, 2.45) is 7.05 Å². The van der Waals surface area contributed by atoms with Crippen molar-refractivity contribution in [2.45, 2.75) is 25.8 Å². The van der Waals surface area contributed by atoms with E-state index in [-0.39, 0.29) is 12.1 Å². The Bertz CT molecular complexity index is 917. The van der Waals surface area contributed by atoms with Gasteiger partial charge in [-0.15, -0.1) is 0 Å².